The average molecular weight is 850 g/mol. The van der Waals surface area contributed by atoms with Crippen LogP contribution in [0.25, 0.3) is 16.6 Å². The number of rotatable bonds is 13. The molecule has 312 valence electrons. The van der Waals surface area contributed by atoms with Crippen LogP contribution in [0.5, 0.6) is 11.5 Å². The van der Waals surface area contributed by atoms with Crippen molar-refractivity contribution in [3.63, 3.8) is 0 Å². The average Bonchev–Trinajstić information content (AvgIpc) is 3.74. The van der Waals surface area contributed by atoms with Crippen LogP contribution in [0.2, 0.25) is 5.02 Å². The number of hydrogen-bond acceptors (Lipinski definition) is 11. The van der Waals surface area contributed by atoms with Crippen LogP contribution in [0.1, 0.15) is 54.4 Å². The van der Waals surface area contributed by atoms with Gasteiger partial charge in [0.2, 0.25) is 0 Å². The number of allylic oxidation sites excluding steroid dienone is 1. The SMILES string of the molecule is O=C(NSc1ccc(NCC2COCCO2)c([N+](=O)[O-])c1)c1ccc(N2CCN(CC3=C(c4ccc(Cl)cc4)CC4(CCC4)CC3)CC2)cc1Oc1cnc2[nH]ccc2c1. The Hall–Kier alpha value is -5.12. The number of amides is 1. The van der Waals surface area contributed by atoms with E-state index in [0.29, 0.717) is 59.4 Å². The molecular weight excluding hydrogens is 802 g/mol. The molecule has 2 aliphatic carbocycles. The summed E-state index contributed by atoms with van der Waals surface area (Å²) in [6.07, 6.45) is 10.9. The van der Waals surface area contributed by atoms with Crippen LogP contribution in [0.15, 0.2) is 95.7 Å². The zero-order chi connectivity index (χ0) is 41.1. The number of ether oxygens (including phenoxy) is 3. The summed E-state index contributed by atoms with van der Waals surface area (Å²) < 4.78 is 20.4. The lowest BCUT2D eigenvalue weighted by Crippen LogP contribution is -2.47. The van der Waals surface area contributed by atoms with Gasteiger partial charge in [-0.2, -0.15) is 0 Å². The summed E-state index contributed by atoms with van der Waals surface area (Å²) in [4.78, 5) is 38.4. The lowest BCUT2D eigenvalue weighted by atomic mass is 9.59. The van der Waals surface area contributed by atoms with Gasteiger partial charge < -0.3 is 29.4 Å². The van der Waals surface area contributed by atoms with Crippen molar-refractivity contribution in [2.24, 2.45) is 5.41 Å². The minimum atomic E-state index is -0.442. The first-order chi connectivity index (χ1) is 29.3. The molecule has 15 heteroatoms. The van der Waals surface area contributed by atoms with Gasteiger partial charge in [-0.05, 0) is 109 Å². The van der Waals surface area contributed by atoms with Crippen LogP contribution in [0, 0.1) is 15.5 Å². The van der Waals surface area contributed by atoms with Crippen molar-refractivity contribution in [2.75, 3.05) is 69.3 Å². The molecule has 4 aliphatic rings. The summed E-state index contributed by atoms with van der Waals surface area (Å²) in [7, 11) is 0. The number of piperazine rings is 1. The van der Waals surface area contributed by atoms with Gasteiger partial charge in [0.15, 0.2) is 0 Å². The van der Waals surface area contributed by atoms with Gasteiger partial charge in [-0.1, -0.05) is 35.7 Å². The van der Waals surface area contributed by atoms with Gasteiger partial charge in [-0.25, -0.2) is 4.98 Å². The number of anilines is 2. The van der Waals surface area contributed by atoms with Gasteiger partial charge >= 0.3 is 0 Å². The zero-order valence-electron chi connectivity index (χ0n) is 33.3. The first-order valence-corrected chi connectivity index (χ1v) is 21.9. The molecule has 9 rings (SSSR count). The number of carbonyl (C=O) groups excluding carboxylic acids is 1. The molecule has 3 N–H and O–H groups in total. The van der Waals surface area contributed by atoms with Crippen LogP contribution in [-0.4, -0.2) is 90.9 Å². The highest BCUT2D eigenvalue weighted by Gasteiger charge is 2.41. The molecule has 1 atom stereocenters. The molecule has 1 spiro atoms. The van der Waals surface area contributed by atoms with Crippen LogP contribution in [0.4, 0.5) is 17.1 Å². The van der Waals surface area contributed by atoms with Gasteiger partial charge in [-0.3, -0.25) is 24.5 Å². The van der Waals surface area contributed by atoms with Gasteiger partial charge in [0.05, 0.1) is 42.6 Å². The predicted octanol–water partition coefficient (Wildman–Crippen LogP) is 9.11. The third kappa shape index (κ3) is 9.13. The van der Waals surface area contributed by atoms with Crippen molar-refractivity contribution in [1.82, 2.24) is 19.6 Å². The highest BCUT2D eigenvalue weighted by Crippen LogP contribution is 2.55. The first kappa shape index (κ1) is 40.3. The van der Waals surface area contributed by atoms with E-state index >= 15 is 0 Å². The zero-order valence-corrected chi connectivity index (χ0v) is 34.9. The molecule has 13 nitrogen and oxygen atoms in total. The molecule has 3 aromatic carbocycles. The second kappa shape index (κ2) is 17.8. The number of nitrogens with one attached hydrogen (secondary N) is 3. The number of fused-ring (bicyclic) bond motifs is 1. The van der Waals surface area contributed by atoms with E-state index in [0.717, 1.165) is 79.3 Å². The summed E-state index contributed by atoms with van der Waals surface area (Å²) in [5.74, 6) is 0.479. The Morgan fingerprint density at radius 2 is 1.88 bits per heavy atom. The second-order valence-corrected chi connectivity index (χ2v) is 17.5. The van der Waals surface area contributed by atoms with Crippen molar-refractivity contribution in [3.05, 3.63) is 117 Å². The van der Waals surface area contributed by atoms with E-state index < -0.39 is 10.8 Å². The third-order valence-electron chi connectivity index (χ3n) is 12.3. The summed E-state index contributed by atoms with van der Waals surface area (Å²) >= 11 is 7.29. The molecule has 0 bridgehead atoms. The molecule has 5 aromatic rings. The molecule has 60 heavy (non-hydrogen) atoms. The number of aromatic amines is 1. The molecule has 4 heterocycles. The molecule has 3 fully saturated rings. The summed E-state index contributed by atoms with van der Waals surface area (Å²) in [6, 6.07) is 22.7. The second-order valence-electron chi connectivity index (χ2n) is 16.2. The molecule has 1 saturated carbocycles. The standard InChI is InChI=1S/C45H48ClN7O6S/c46-33-4-2-30(3-5-33)39-25-45(12-1-13-45)14-10-32(39)28-51-16-18-52(19-17-51)34-6-8-38(42(23-34)59-35-22-31-11-15-47-43(31)49-26-35)44(54)50-60-37-7-9-40(41(24-37)53(55)56)48-27-36-29-57-20-21-58-36/h2-9,11,15,22-24,26,36,48H,1,10,12-14,16-21,25,27-29H2,(H,47,49)(H,50,54). The Kier molecular flexibility index (Phi) is 12.0. The highest BCUT2D eigenvalue weighted by atomic mass is 35.5. The Morgan fingerprint density at radius 3 is 2.65 bits per heavy atom. The largest absolute Gasteiger partial charge is 0.455 e. The minimum Gasteiger partial charge on any atom is -0.455 e. The molecule has 0 radical (unpaired) electrons. The Labute approximate surface area is 358 Å². The van der Waals surface area contributed by atoms with E-state index in [1.54, 1.807) is 30.0 Å². The maximum Gasteiger partial charge on any atom is 0.293 e. The number of aromatic nitrogens is 2. The van der Waals surface area contributed by atoms with E-state index in [9.17, 15) is 14.9 Å². The Bertz CT molecular complexity index is 2390. The first-order valence-electron chi connectivity index (χ1n) is 20.7. The Balaban J connectivity index is 0.894. The summed E-state index contributed by atoms with van der Waals surface area (Å²) in [5.41, 5.74) is 7.14. The van der Waals surface area contributed by atoms with E-state index in [1.807, 2.05) is 42.6 Å². The van der Waals surface area contributed by atoms with E-state index in [4.69, 9.17) is 25.8 Å². The topological polar surface area (TPSA) is 147 Å². The smallest absolute Gasteiger partial charge is 0.293 e. The van der Waals surface area contributed by atoms with Crippen LogP contribution in [0.3, 0.4) is 0 Å². The molecule has 2 saturated heterocycles. The van der Waals surface area contributed by atoms with Gasteiger partial charge in [0.25, 0.3) is 11.6 Å². The fraction of sp³-hybridized carbons (Fsp3) is 0.378. The quantitative estimate of drug-likeness (QED) is 0.0592. The lowest BCUT2D eigenvalue weighted by molar-refractivity contribution is -0.384. The predicted molar refractivity (Wildman–Crippen MR) is 235 cm³/mol. The molecule has 2 aliphatic heterocycles. The third-order valence-corrected chi connectivity index (χ3v) is 13.4. The number of nitro groups is 1. The molecule has 2 aromatic heterocycles. The maximum absolute atomic E-state index is 13.9. The number of hydrogen-bond donors (Lipinski definition) is 3. The van der Waals surface area contributed by atoms with Crippen molar-refractivity contribution in [2.45, 2.75) is 49.5 Å². The number of H-pyrrole nitrogens is 1. The summed E-state index contributed by atoms with van der Waals surface area (Å²) in [5, 5.41) is 16.8. The van der Waals surface area contributed by atoms with Crippen LogP contribution >= 0.6 is 23.5 Å². The number of carbonyl (C=O) groups is 1. The van der Waals surface area contributed by atoms with E-state index in [1.165, 1.54) is 42.9 Å². The fourth-order valence-electron chi connectivity index (χ4n) is 8.82. The fourth-order valence-corrected chi connectivity index (χ4v) is 9.57. The van der Waals surface area contributed by atoms with E-state index in [-0.39, 0.29) is 11.8 Å². The number of nitro benzene ring substituents is 1. The van der Waals surface area contributed by atoms with Gasteiger partial charge in [0.1, 0.15) is 22.8 Å². The van der Waals surface area contributed by atoms with Crippen LogP contribution in [-0.2, 0) is 9.47 Å². The minimum absolute atomic E-state index is 0.105. The Morgan fingerprint density at radius 1 is 1.03 bits per heavy atom. The maximum atomic E-state index is 13.9. The van der Waals surface area contributed by atoms with Crippen molar-refractivity contribution in [3.8, 4) is 11.5 Å². The normalized spacial score (nSPS) is 19.3. The highest BCUT2D eigenvalue weighted by molar-refractivity contribution is 7.98. The van der Waals surface area contributed by atoms with Crippen LogP contribution < -0.4 is 19.7 Å². The lowest BCUT2D eigenvalue weighted by Gasteiger charge is -2.47. The monoisotopic (exact) mass is 849 g/mol. The van der Waals surface area contributed by atoms with Crippen molar-refractivity contribution >= 4 is 63.1 Å². The molecular formula is C45H48ClN7O6S. The number of pyridine rings is 1. The molecule has 1 amide bonds. The van der Waals surface area contributed by atoms with E-state index in [2.05, 4.69) is 41.9 Å². The van der Waals surface area contributed by atoms with Gasteiger partial charge in [0, 0.05) is 78.6 Å². The number of halogens is 1. The number of nitrogens with zero attached hydrogens (tertiary/aromatic N) is 4. The van der Waals surface area contributed by atoms with Crippen molar-refractivity contribution in [1.29, 1.82) is 0 Å². The summed E-state index contributed by atoms with van der Waals surface area (Å²) in [6.45, 7) is 6.27. The van der Waals surface area contributed by atoms with Gasteiger partial charge in [-0.15, -0.1) is 0 Å². The molecule has 1 unspecified atom stereocenters. The van der Waals surface area contributed by atoms with Crippen molar-refractivity contribution < 1.29 is 23.9 Å². The number of benzene rings is 3.